The lowest BCUT2D eigenvalue weighted by molar-refractivity contribution is 0.305. The van der Waals surface area contributed by atoms with Crippen LogP contribution in [0.5, 0.6) is 5.75 Å². The smallest absolute Gasteiger partial charge is 0.133 e. The minimum Gasteiger partial charge on any atom is -0.492 e. The number of alkyl halides is 1. The van der Waals surface area contributed by atoms with E-state index in [-0.39, 0.29) is 0 Å². The predicted octanol–water partition coefficient (Wildman–Crippen LogP) is 4.42. The standard InChI is InChI=1S/C12H13Br2NO/c13-9-10-4-5-12(11(14)8-10)16-7-3-1-2-6-15/h4-5,8H,1-3,7,9H2. The summed E-state index contributed by atoms with van der Waals surface area (Å²) >= 11 is 6.88. The molecule has 0 atom stereocenters. The molecular formula is C12H13Br2NO. The number of benzene rings is 1. The fraction of sp³-hybridized carbons (Fsp3) is 0.417. The van der Waals surface area contributed by atoms with Crippen LogP contribution >= 0.6 is 31.9 Å². The molecule has 0 aromatic heterocycles. The van der Waals surface area contributed by atoms with Crippen LogP contribution in [0, 0.1) is 11.3 Å². The summed E-state index contributed by atoms with van der Waals surface area (Å²) in [5.41, 5.74) is 1.21. The van der Waals surface area contributed by atoms with Gasteiger partial charge < -0.3 is 4.74 Å². The van der Waals surface area contributed by atoms with Crippen LogP contribution in [0.1, 0.15) is 24.8 Å². The molecule has 0 N–H and O–H groups in total. The van der Waals surface area contributed by atoms with Crippen molar-refractivity contribution < 1.29 is 4.74 Å². The van der Waals surface area contributed by atoms with Gasteiger partial charge >= 0.3 is 0 Å². The van der Waals surface area contributed by atoms with Crippen LogP contribution in [0.3, 0.4) is 0 Å². The molecule has 0 fully saturated rings. The zero-order valence-electron chi connectivity index (χ0n) is 8.88. The zero-order chi connectivity index (χ0) is 11.8. The van der Waals surface area contributed by atoms with Gasteiger partial charge in [0.05, 0.1) is 17.1 Å². The molecule has 0 bridgehead atoms. The Bertz CT molecular complexity index is 374. The molecule has 2 nitrogen and oxygen atoms in total. The van der Waals surface area contributed by atoms with E-state index in [1.54, 1.807) is 0 Å². The van der Waals surface area contributed by atoms with Crippen molar-refractivity contribution in [1.82, 2.24) is 0 Å². The monoisotopic (exact) mass is 345 g/mol. The first-order valence-corrected chi connectivity index (χ1v) is 7.03. The third-order valence-corrected chi connectivity index (χ3v) is 3.36. The Morgan fingerprint density at radius 1 is 1.31 bits per heavy atom. The van der Waals surface area contributed by atoms with Gasteiger partial charge in [-0.15, -0.1) is 0 Å². The summed E-state index contributed by atoms with van der Waals surface area (Å²) in [5, 5.41) is 9.22. The number of halogens is 2. The summed E-state index contributed by atoms with van der Waals surface area (Å²) in [6.07, 6.45) is 2.42. The average molecular weight is 347 g/mol. The predicted molar refractivity (Wildman–Crippen MR) is 71.7 cm³/mol. The van der Waals surface area contributed by atoms with Gasteiger partial charge in [0.15, 0.2) is 0 Å². The molecule has 0 aliphatic heterocycles. The molecule has 0 aliphatic carbocycles. The molecule has 0 saturated heterocycles. The number of hydrogen-bond acceptors (Lipinski definition) is 2. The van der Waals surface area contributed by atoms with E-state index in [0.717, 1.165) is 28.4 Å². The normalized spacial score (nSPS) is 9.81. The van der Waals surface area contributed by atoms with Crippen LogP contribution in [-0.4, -0.2) is 6.61 Å². The van der Waals surface area contributed by atoms with Crippen molar-refractivity contribution in [3.8, 4) is 11.8 Å². The summed E-state index contributed by atoms with van der Waals surface area (Å²) in [6, 6.07) is 8.16. The van der Waals surface area contributed by atoms with Crippen LogP contribution in [0.25, 0.3) is 0 Å². The second kappa shape index (κ2) is 7.70. The molecule has 0 spiro atoms. The molecule has 0 radical (unpaired) electrons. The SMILES string of the molecule is N#CCCCCOc1ccc(CBr)cc1Br. The summed E-state index contributed by atoms with van der Waals surface area (Å²) in [7, 11) is 0. The summed E-state index contributed by atoms with van der Waals surface area (Å²) < 4.78 is 6.59. The molecule has 4 heteroatoms. The number of unbranched alkanes of at least 4 members (excludes halogenated alkanes) is 2. The van der Waals surface area contributed by atoms with Gasteiger partial charge in [0.25, 0.3) is 0 Å². The number of hydrogen-bond donors (Lipinski definition) is 0. The maximum Gasteiger partial charge on any atom is 0.133 e. The number of rotatable bonds is 6. The second-order valence-electron chi connectivity index (χ2n) is 3.36. The first-order valence-electron chi connectivity index (χ1n) is 5.12. The van der Waals surface area contributed by atoms with Gasteiger partial charge in [-0.25, -0.2) is 0 Å². The van der Waals surface area contributed by atoms with Crippen molar-refractivity contribution in [2.75, 3.05) is 6.61 Å². The highest BCUT2D eigenvalue weighted by Gasteiger charge is 2.01. The maximum atomic E-state index is 8.38. The third-order valence-electron chi connectivity index (χ3n) is 2.09. The van der Waals surface area contributed by atoms with Crippen molar-refractivity contribution in [3.05, 3.63) is 28.2 Å². The minimum absolute atomic E-state index is 0.604. The van der Waals surface area contributed by atoms with E-state index in [1.807, 2.05) is 18.2 Å². The number of nitriles is 1. The van der Waals surface area contributed by atoms with Crippen molar-refractivity contribution in [1.29, 1.82) is 5.26 Å². The highest BCUT2D eigenvalue weighted by molar-refractivity contribution is 9.10. The largest absolute Gasteiger partial charge is 0.492 e. The quantitative estimate of drug-likeness (QED) is 0.564. The van der Waals surface area contributed by atoms with Gasteiger partial charge in [-0.3, -0.25) is 0 Å². The van der Waals surface area contributed by atoms with E-state index < -0.39 is 0 Å². The Hall–Kier alpha value is -0.530. The molecule has 16 heavy (non-hydrogen) atoms. The summed E-state index contributed by atoms with van der Waals surface area (Å²) in [6.45, 7) is 0.661. The molecule has 0 unspecified atom stereocenters. The Morgan fingerprint density at radius 2 is 2.12 bits per heavy atom. The fourth-order valence-corrected chi connectivity index (χ4v) is 2.12. The molecule has 1 aromatic rings. The first-order chi connectivity index (χ1) is 7.77. The Labute approximate surface area is 113 Å². The highest BCUT2D eigenvalue weighted by atomic mass is 79.9. The first kappa shape index (κ1) is 13.5. The Morgan fingerprint density at radius 3 is 2.75 bits per heavy atom. The molecule has 86 valence electrons. The van der Waals surface area contributed by atoms with Crippen LogP contribution < -0.4 is 4.74 Å². The average Bonchev–Trinajstić information content (AvgIpc) is 2.30. The Balaban J connectivity index is 2.40. The lowest BCUT2D eigenvalue weighted by atomic mass is 10.2. The molecule has 1 aromatic carbocycles. The molecule has 1 rings (SSSR count). The van der Waals surface area contributed by atoms with Crippen LogP contribution in [-0.2, 0) is 5.33 Å². The van der Waals surface area contributed by atoms with Gasteiger partial charge in [-0.2, -0.15) is 5.26 Å². The van der Waals surface area contributed by atoms with E-state index >= 15 is 0 Å². The van der Waals surface area contributed by atoms with Gasteiger partial charge in [0, 0.05) is 11.8 Å². The minimum atomic E-state index is 0.604. The van der Waals surface area contributed by atoms with Gasteiger partial charge in [-0.05, 0) is 46.5 Å². The topological polar surface area (TPSA) is 33.0 Å². The Kier molecular flexibility index (Phi) is 6.51. The zero-order valence-corrected chi connectivity index (χ0v) is 12.1. The lowest BCUT2D eigenvalue weighted by Crippen LogP contribution is -1.98. The molecular weight excluding hydrogens is 334 g/mol. The van der Waals surface area contributed by atoms with E-state index in [9.17, 15) is 0 Å². The van der Waals surface area contributed by atoms with E-state index in [0.29, 0.717) is 13.0 Å². The van der Waals surface area contributed by atoms with E-state index in [4.69, 9.17) is 10.00 Å². The highest BCUT2D eigenvalue weighted by Crippen LogP contribution is 2.27. The lowest BCUT2D eigenvalue weighted by Gasteiger charge is -2.08. The number of ether oxygens (including phenoxy) is 1. The third kappa shape index (κ3) is 4.54. The van der Waals surface area contributed by atoms with Gasteiger partial charge in [0.1, 0.15) is 5.75 Å². The van der Waals surface area contributed by atoms with E-state index in [2.05, 4.69) is 37.9 Å². The van der Waals surface area contributed by atoms with Crippen molar-refractivity contribution in [2.24, 2.45) is 0 Å². The van der Waals surface area contributed by atoms with Gasteiger partial charge in [-0.1, -0.05) is 22.0 Å². The van der Waals surface area contributed by atoms with E-state index in [1.165, 1.54) is 5.56 Å². The van der Waals surface area contributed by atoms with Crippen molar-refractivity contribution >= 4 is 31.9 Å². The van der Waals surface area contributed by atoms with Crippen LogP contribution in [0.15, 0.2) is 22.7 Å². The van der Waals surface area contributed by atoms with Gasteiger partial charge in [0.2, 0.25) is 0 Å². The second-order valence-corrected chi connectivity index (χ2v) is 4.78. The summed E-state index contributed by atoms with van der Waals surface area (Å²) in [4.78, 5) is 0. The molecule has 0 heterocycles. The van der Waals surface area contributed by atoms with Crippen LogP contribution in [0.4, 0.5) is 0 Å². The van der Waals surface area contributed by atoms with Crippen molar-refractivity contribution in [3.63, 3.8) is 0 Å². The molecule has 0 aliphatic rings. The fourth-order valence-electron chi connectivity index (χ4n) is 1.23. The molecule has 0 amide bonds. The van der Waals surface area contributed by atoms with Crippen LogP contribution in [0.2, 0.25) is 0 Å². The maximum absolute atomic E-state index is 8.38. The summed E-state index contributed by atoms with van der Waals surface area (Å²) in [5.74, 6) is 0.863. The van der Waals surface area contributed by atoms with Crippen molar-refractivity contribution in [2.45, 2.75) is 24.6 Å². The number of nitrogens with zero attached hydrogens (tertiary/aromatic N) is 1. The molecule has 0 saturated carbocycles.